The molecule has 0 saturated heterocycles. The van der Waals surface area contributed by atoms with Crippen molar-refractivity contribution in [2.24, 2.45) is 17.6 Å². The first-order chi connectivity index (χ1) is 52.6. The van der Waals surface area contributed by atoms with Crippen molar-refractivity contribution in [3.8, 4) is 0 Å². The van der Waals surface area contributed by atoms with E-state index >= 15 is 0 Å². The number of hydrogen-bond donors (Lipinski definition) is 12. The summed E-state index contributed by atoms with van der Waals surface area (Å²) in [7, 11) is 0. The maximum atomic E-state index is 12.7. The van der Waals surface area contributed by atoms with Gasteiger partial charge in [-0.2, -0.15) is 35.3 Å². The Morgan fingerprint density at radius 3 is 1.32 bits per heavy atom. The zero-order chi connectivity index (χ0) is 79.3. The third-order valence-corrected chi connectivity index (χ3v) is 25.2. The number of hydrogen-bond acceptors (Lipinski definition) is 25. The molecule has 11 unspecified atom stereocenters. The molecule has 8 aliphatic rings. The van der Waals surface area contributed by atoms with Gasteiger partial charge in [0.25, 0.3) is 5.71 Å². The average molecular weight is 1630 g/mol. The molecule has 28 nitrogen and oxygen atoms in total. The first kappa shape index (κ1) is 85.2. The van der Waals surface area contributed by atoms with Crippen LogP contribution in [0.1, 0.15) is 81.5 Å². The van der Waals surface area contributed by atoms with Crippen molar-refractivity contribution in [1.82, 2.24) is 10.6 Å². The third kappa shape index (κ3) is 24.1. The molecule has 2 aliphatic heterocycles. The number of thioether (sulfide) groups is 4. The maximum Gasteiger partial charge on any atom is 0.396 e. The lowest BCUT2D eigenvalue weighted by atomic mass is 9.78. The molecule has 2 aromatic carbocycles. The molecule has 6 aliphatic carbocycles. The number of rotatable bonds is 42. The number of carbonyl (C=O) groups is 10. The van der Waals surface area contributed by atoms with Gasteiger partial charge in [0, 0.05) is 109 Å². The van der Waals surface area contributed by atoms with Crippen molar-refractivity contribution >= 4 is 157 Å². The number of benzene rings is 2. The van der Waals surface area contributed by atoms with Crippen LogP contribution in [0.25, 0.3) is 11.1 Å². The summed E-state index contributed by atoms with van der Waals surface area (Å²) >= 11 is 16.9. The number of allylic oxidation sites excluding steroid dienone is 8. The summed E-state index contributed by atoms with van der Waals surface area (Å²) in [5.41, 5.74) is 10.2. The first-order valence-corrected chi connectivity index (χ1v) is 39.9. The molecule has 0 bridgehead atoms. The van der Waals surface area contributed by atoms with Crippen LogP contribution < -0.4 is 21.8 Å². The molecule has 10 rings (SSSR count). The fourth-order valence-electron chi connectivity index (χ4n) is 12.4. The van der Waals surface area contributed by atoms with Crippen molar-refractivity contribution in [2.75, 3.05) is 75.9 Å². The Balaban J connectivity index is 0.000000679. The molecule has 2 saturated carbocycles. The lowest BCUT2D eigenvalue weighted by Crippen LogP contribution is -2.47. The number of nitrogens with two attached hydrogens (primary N) is 2. The first-order valence-electron chi connectivity index (χ1n) is 34.9. The number of thiocarbonyl (C=S) groups is 2. The molecule has 0 radical (unpaired) electrons. The largest absolute Gasteiger partial charge is 0.508 e. The van der Waals surface area contributed by atoms with Crippen LogP contribution in [0.4, 0.5) is 0 Å². The Labute approximate surface area is 659 Å². The highest BCUT2D eigenvalue weighted by molar-refractivity contribution is 8.04. The number of fused-ring (bicyclic) bond motifs is 4. The fourth-order valence-corrected chi connectivity index (χ4v) is 18.9. The van der Waals surface area contributed by atoms with Crippen LogP contribution in [0.5, 0.6) is 0 Å². The summed E-state index contributed by atoms with van der Waals surface area (Å²) in [4.78, 5) is 122. The molecule has 11 atom stereocenters. The molecule has 2 heterocycles. The zero-order valence-corrected chi connectivity index (χ0v) is 64.0. The molecule has 0 aromatic heterocycles. The predicted octanol–water partition coefficient (Wildman–Crippen LogP) is 5.88. The normalized spacial score (nSPS) is 21.9. The number of ether oxygens (including phenoxy) is 6. The highest BCUT2D eigenvalue weighted by atomic mass is 32.2. The second kappa shape index (κ2) is 40.9. The molecule has 586 valence electrons. The Hall–Kier alpha value is -8.81. The van der Waals surface area contributed by atoms with E-state index in [2.05, 4.69) is 10.6 Å². The van der Waals surface area contributed by atoms with Gasteiger partial charge in [0.05, 0.1) is 81.6 Å². The van der Waals surface area contributed by atoms with E-state index in [0.29, 0.717) is 87.8 Å². The SMILES string of the molecule is NC(CSC1CCC1SCC(=[NH2+])C(=O)O)C(=O)O.O=C1C=CC2C(=C1)OC1C=C(O)C=CC1=C2c1ccc(CC(=S)COCCOCCC(=O)NC(CSC2CCC2SCC(NC(=O)CCOCCOCC(=S)Cc2ccc(C3=C4C=CC(O)=CC4OC4=CC(=O)C=CC43)c(C(=O)O)c2)C(=O)O)C(=O)O)cc1C(=O)O. The minimum atomic E-state index is -1.21. The zero-order valence-electron chi connectivity index (χ0n) is 59.1. The minimum absolute atomic E-state index is 0.00562. The molecule has 2 aromatic rings. The number of nitrogens with one attached hydrogen (secondary N) is 2. The van der Waals surface area contributed by atoms with E-state index in [1.165, 1.54) is 83.9 Å². The average Bonchev–Trinajstić information content (AvgIpc) is 0.753. The summed E-state index contributed by atoms with van der Waals surface area (Å²) in [6, 6.07) is 6.84. The van der Waals surface area contributed by atoms with Gasteiger partial charge in [-0.15, -0.1) is 11.8 Å². The van der Waals surface area contributed by atoms with Gasteiger partial charge in [-0.25, -0.2) is 24.0 Å². The Bertz CT molecular complexity index is 4060. The second-order valence-electron chi connectivity index (χ2n) is 26.2. The van der Waals surface area contributed by atoms with Gasteiger partial charge < -0.3 is 85.6 Å². The van der Waals surface area contributed by atoms with E-state index in [1.807, 2.05) is 0 Å². The molecular formula is C76H83N4O24S6+. The van der Waals surface area contributed by atoms with E-state index in [4.69, 9.17) is 74.2 Å². The molecule has 14 N–H and O–H groups in total. The standard InChI is InChI=1S/C66H66N2O20S4.C10H16N2O4S2/c69-37-3-9-45-53(27-37)87-54-28-38(70)4-10-46(54)61(45)43-7-1-35(25-49(43)63(75)76)23-41(89)31-85-21-19-83-17-15-59(73)67-51(65(79)80)33-91-57-13-14-58(57)92-34-52(66(81)82)68-60(74)16-18-84-20-22-86-32-42(90)24-36-2-8-44(50(26-36)64(77)78)62-47-11-5-39(71)29-55(47)88-56-30-40(72)6-12-48(56)62;11-5(9(13)14)3-17-7-1-2-8(7)18-4-6(12)10(15)16/h1-12,25-30,45,47,51-52,54,56-58,70,72H,13-24,31-34H2,(H,67,73)(H,68,74)(H,75,76)(H,77,78)(H,79,80)(H,81,82);5,7-8,12H,1-4,11H2,(H,13,14)(H,15,16)/p+1. The van der Waals surface area contributed by atoms with Crippen LogP contribution in [0.3, 0.4) is 0 Å². The van der Waals surface area contributed by atoms with Crippen LogP contribution in [-0.4, -0.2) is 243 Å². The number of ketones is 2. The number of aliphatic hydroxyl groups excluding tert-OH is 2. The minimum Gasteiger partial charge on any atom is -0.508 e. The Morgan fingerprint density at radius 1 is 0.536 bits per heavy atom. The number of aliphatic hydroxyl groups is 2. The second-order valence-corrected chi connectivity index (χ2v) is 32.4. The van der Waals surface area contributed by atoms with Gasteiger partial charge in [0.1, 0.15) is 53.4 Å². The van der Waals surface area contributed by atoms with Gasteiger partial charge in [0.15, 0.2) is 11.6 Å². The van der Waals surface area contributed by atoms with E-state index in [-0.39, 0.29) is 140 Å². The molecule has 2 amide bonds. The Kier molecular flexibility index (Phi) is 31.7. The summed E-state index contributed by atoms with van der Waals surface area (Å²) in [5, 5.41) is 89.1. The summed E-state index contributed by atoms with van der Waals surface area (Å²) < 4.78 is 34.5. The van der Waals surface area contributed by atoms with Crippen LogP contribution in [0.15, 0.2) is 143 Å². The van der Waals surface area contributed by atoms with Crippen molar-refractivity contribution in [2.45, 2.75) is 103 Å². The van der Waals surface area contributed by atoms with Gasteiger partial charge in [-0.1, -0.05) is 73.0 Å². The smallest absolute Gasteiger partial charge is 0.396 e. The highest BCUT2D eigenvalue weighted by Gasteiger charge is 2.41. The molecular weight excluding hydrogens is 1550 g/mol. The Morgan fingerprint density at radius 2 is 0.936 bits per heavy atom. The van der Waals surface area contributed by atoms with E-state index in [1.54, 1.807) is 72.5 Å². The number of carbonyl (C=O) groups excluding carboxylic acids is 4. The van der Waals surface area contributed by atoms with Gasteiger partial charge >= 0.3 is 35.8 Å². The van der Waals surface area contributed by atoms with Crippen molar-refractivity contribution in [1.29, 1.82) is 0 Å². The van der Waals surface area contributed by atoms with Crippen LogP contribution >= 0.6 is 71.5 Å². The summed E-state index contributed by atoms with van der Waals surface area (Å²) in [6.45, 7) is 0.594. The number of aliphatic carboxylic acids is 4. The van der Waals surface area contributed by atoms with E-state index in [0.717, 1.165) is 25.7 Å². The van der Waals surface area contributed by atoms with Crippen LogP contribution in [-0.2, 0) is 79.6 Å². The number of amides is 2. The molecule has 2 fully saturated rings. The van der Waals surface area contributed by atoms with Gasteiger partial charge in [0.2, 0.25) is 11.8 Å². The number of aromatic carboxylic acids is 2. The van der Waals surface area contributed by atoms with Crippen LogP contribution in [0.2, 0.25) is 0 Å². The predicted molar refractivity (Wildman–Crippen MR) is 419 cm³/mol. The fraction of sp³-hybridized carbons (Fsp3) is 0.408. The lowest BCUT2D eigenvalue weighted by molar-refractivity contribution is -0.147. The highest BCUT2D eigenvalue weighted by Crippen LogP contribution is 2.48. The van der Waals surface area contributed by atoms with Crippen molar-refractivity contribution in [3.63, 3.8) is 0 Å². The van der Waals surface area contributed by atoms with Gasteiger partial charge in [-0.05, 0) is 95.5 Å². The van der Waals surface area contributed by atoms with E-state index in [9.17, 15) is 78.6 Å². The topological polar surface area (TPSA) is 464 Å². The quantitative estimate of drug-likeness (QED) is 0.0210. The van der Waals surface area contributed by atoms with Crippen molar-refractivity contribution in [3.05, 3.63) is 177 Å². The lowest BCUT2D eigenvalue weighted by Gasteiger charge is -2.36. The van der Waals surface area contributed by atoms with Gasteiger partial charge in [-0.3, -0.25) is 29.4 Å². The third-order valence-electron chi connectivity index (χ3n) is 18.3. The summed E-state index contributed by atoms with van der Waals surface area (Å²) in [5.74, 6) is -7.94. The maximum absolute atomic E-state index is 12.7. The van der Waals surface area contributed by atoms with Crippen LogP contribution in [0, 0.1) is 11.8 Å². The van der Waals surface area contributed by atoms with E-state index < -0.39 is 89.8 Å². The molecule has 0 spiro atoms. The summed E-state index contributed by atoms with van der Waals surface area (Å²) in [6.07, 6.45) is 20.6. The monoisotopic (exact) mass is 1630 g/mol. The molecule has 34 heteroatoms. The number of carboxylic acid groups (broad SMARTS) is 6. The molecule has 110 heavy (non-hydrogen) atoms. The van der Waals surface area contributed by atoms with Crippen molar-refractivity contribution < 1.29 is 123 Å². The number of carboxylic acids is 6.